The molecule has 1 unspecified atom stereocenters. The van der Waals surface area contributed by atoms with E-state index in [1.54, 1.807) is 0 Å². The Balaban J connectivity index is 1.80. The van der Waals surface area contributed by atoms with Gasteiger partial charge in [-0.05, 0) is 41.5 Å². The van der Waals surface area contributed by atoms with E-state index in [1.165, 1.54) is 0 Å². The number of carbonyl (C=O) groups is 1. The van der Waals surface area contributed by atoms with Crippen LogP contribution in [0.1, 0.15) is 12.8 Å². The number of nitrogens with one attached hydrogen (secondary N) is 1. The zero-order valence-corrected chi connectivity index (χ0v) is 14.3. The Hall–Kier alpha value is -0.920. The zero-order valence-electron chi connectivity index (χ0n) is 11.9. The fourth-order valence-corrected chi connectivity index (χ4v) is 4.55. The summed E-state index contributed by atoms with van der Waals surface area (Å²) in [7, 11) is -1.01. The zero-order chi connectivity index (χ0) is 15.5. The van der Waals surface area contributed by atoms with Crippen LogP contribution in [0.2, 0.25) is 0 Å². The highest BCUT2D eigenvalue weighted by Crippen LogP contribution is 2.21. The lowest BCUT2D eigenvalue weighted by atomic mass is 10.2. The molecule has 1 N–H and O–H groups in total. The van der Waals surface area contributed by atoms with Gasteiger partial charge in [0.15, 0.2) is 9.84 Å². The van der Waals surface area contributed by atoms with Gasteiger partial charge in [0.1, 0.15) is 0 Å². The topological polar surface area (TPSA) is 66.5 Å². The fraction of sp³-hybridized carbons (Fsp3) is 0.500. The first-order chi connectivity index (χ1) is 9.87. The van der Waals surface area contributed by atoms with Crippen molar-refractivity contribution in [2.75, 3.05) is 30.4 Å². The summed E-state index contributed by atoms with van der Waals surface area (Å²) >= 11 is 3.38. The molecule has 1 aromatic rings. The number of nitrogens with zero attached hydrogens (tertiary/aromatic N) is 1. The Labute approximate surface area is 133 Å². The molecular weight excluding hydrogens is 356 g/mol. The van der Waals surface area contributed by atoms with Crippen molar-refractivity contribution in [3.8, 4) is 0 Å². The van der Waals surface area contributed by atoms with Crippen molar-refractivity contribution >= 4 is 37.4 Å². The van der Waals surface area contributed by atoms with Gasteiger partial charge in [0.05, 0.1) is 17.2 Å². The minimum atomic E-state index is -2.88. The number of para-hydroxylation sites is 1. The molecule has 0 aromatic heterocycles. The van der Waals surface area contributed by atoms with Gasteiger partial charge in [-0.25, -0.2) is 8.42 Å². The normalized spacial score (nSPS) is 20.6. The number of amides is 1. The van der Waals surface area contributed by atoms with Crippen LogP contribution in [0.15, 0.2) is 28.7 Å². The second kappa shape index (κ2) is 6.89. The molecule has 0 saturated carbocycles. The summed E-state index contributed by atoms with van der Waals surface area (Å²) in [6, 6.07) is 7.47. The summed E-state index contributed by atoms with van der Waals surface area (Å²) in [5.74, 6) is 0.384. The molecule has 7 heteroatoms. The summed E-state index contributed by atoms with van der Waals surface area (Å²) < 4.78 is 23.7. The molecule has 1 heterocycles. The molecule has 0 radical (unpaired) electrons. The number of hydrogen-bond acceptors (Lipinski definition) is 4. The van der Waals surface area contributed by atoms with Crippen molar-refractivity contribution in [1.82, 2.24) is 4.90 Å². The van der Waals surface area contributed by atoms with Crippen LogP contribution in [0.3, 0.4) is 0 Å². The molecule has 1 saturated heterocycles. The number of sulfone groups is 1. The minimum Gasteiger partial charge on any atom is -0.325 e. The van der Waals surface area contributed by atoms with Crippen LogP contribution < -0.4 is 5.32 Å². The third-order valence-corrected chi connectivity index (χ3v) is 6.11. The standard InChI is InChI=1S/C14H19BrN2O3S/c1-17(11-7-9-21(19,20)10-11)8-6-14(18)16-13-5-3-2-4-12(13)15/h2-5,11H,6-10H2,1H3,(H,16,18). The highest BCUT2D eigenvalue weighted by atomic mass is 79.9. The summed E-state index contributed by atoms with van der Waals surface area (Å²) in [5, 5.41) is 2.84. The lowest BCUT2D eigenvalue weighted by molar-refractivity contribution is -0.116. The van der Waals surface area contributed by atoms with Crippen LogP contribution in [-0.2, 0) is 14.6 Å². The predicted molar refractivity (Wildman–Crippen MR) is 87.1 cm³/mol. The number of hydrogen-bond donors (Lipinski definition) is 1. The largest absolute Gasteiger partial charge is 0.325 e. The smallest absolute Gasteiger partial charge is 0.225 e. The van der Waals surface area contributed by atoms with E-state index in [1.807, 2.05) is 36.2 Å². The number of anilines is 1. The Bertz CT molecular complexity index is 618. The van der Waals surface area contributed by atoms with Gasteiger partial charge in [-0.1, -0.05) is 12.1 Å². The number of carbonyl (C=O) groups excluding carboxylic acids is 1. The molecule has 1 fully saturated rings. The molecule has 1 aromatic carbocycles. The van der Waals surface area contributed by atoms with Crippen LogP contribution in [0.5, 0.6) is 0 Å². The Morgan fingerprint density at radius 1 is 1.43 bits per heavy atom. The highest BCUT2D eigenvalue weighted by Gasteiger charge is 2.30. The molecule has 5 nitrogen and oxygen atoms in total. The van der Waals surface area contributed by atoms with Crippen molar-refractivity contribution in [2.24, 2.45) is 0 Å². The number of rotatable bonds is 5. The van der Waals surface area contributed by atoms with Crippen molar-refractivity contribution in [3.63, 3.8) is 0 Å². The summed E-state index contributed by atoms with van der Waals surface area (Å²) in [6.45, 7) is 0.552. The van der Waals surface area contributed by atoms with E-state index in [4.69, 9.17) is 0 Å². The second-order valence-corrected chi connectivity index (χ2v) is 8.40. The summed E-state index contributed by atoms with van der Waals surface area (Å²) in [4.78, 5) is 13.9. The van der Waals surface area contributed by atoms with Gasteiger partial charge in [0.2, 0.25) is 5.91 Å². The van der Waals surface area contributed by atoms with E-state index in [9.17, 15) is 13.2 Å². The van der Waals surface area contributed by atoms with E-state index in [0.29, 0.717) is 19.4 Å². The average molecular weight is 375 g/mol. The van der Waals surface area contributed by atoms with Crippen molar-refractivity contribution < 1.29 is 13.2 Å². The quantitative estimate of drug-likeness (QED) is 0.854. The SMILES string of the molecule is CN(CCC(=O)Nc1ccccc1Br)C1CCS(=O)(=O)C1. The highest BCUT2D eigenvalue weighted by molar-refractivity contribution is 9.10. The molecular formula is C14H19BrN2O3S. The van der Waals surface area contributed by atoms with Crippen LogP contribution in [0.25, 0.3) is 0 Å². The minimum absolute atomic E-state index is 0.0336. The van der Waals surface area contributed by atoms with Crippen LogP contribution in [0, 0.1) is 0 Å². The van der Waals surface area contributed by atoms with Gasteiger partial charge in [0, 0.05) is 23.5 Å². The first-order valence-electron chi connectivity index (χ1n) is 6.82. The molecule has 1 aliphatic rings. The number of benzene rings is 1. The molecule has 0 spiro atoms. The van der Waals surface area contributed by atoms with Crippen molar-refractivity contribution in [2.45, 2.75) is 18.9 Å². The lowest BCUT2D eigenvalue weighted by Crippen LogP contribution is -2.35. The predicted octanol–water partition coefficient (Wildman–Crippen LogP) is 1.90. The first kappa shape index (κ1) is 16.5. The molecule has 0 bridgehead atoms. The molecule has 116 valence electrons. The van der Waals surface area contributed by atoms with E-state index in [2.05, 4.69) is 21.2 Å². The van der Waals surface area contributed by atoms with Crippen LogP contribution >= 0.6 is 15.9 Å². The van der Waals surface area contributed by atoms with E-state index >= 15 is 0 Å². The average Bonchev–Trinajstić information content (AvgIpc) is 2.79. The Morgan fingerprint density at radius 2 is 2.14 bits per heavy atom. The molecule has 0 aliphatic carbocycles. The van der Waals surface area contributed by atoms with E-state index < -0.39 is 9.84 Å². The van der Waals surface area contributed by atoms with Crippen LogP contribution in [-0.4, -0.2) is 50.4 Å². The molecule has 1 atom stereocenters. The monoisotopic (exact) mass is 374 g/mol. The molecule has 1 aliphatic heterocycles. The molecule has 2 rings (SSSR count). The van der Waals surface area contributed by atoms with Crippen molar-refractivity contribution in [3.05, 3.63) is 28.7 Å². The fourth-order valence-electron chi connectivity index (χ4n) is 2.36. The first-order valence-corrected chi connectivity index (χ1v) is 9.44. The third-order valence-electron chi connectivity index (χ3n) is 3.67. The van der Waals surface area contributed by atoms with Crippen molar-refractivity contribution in [1.29, 1.82) is 0 Å². The van der Waals surface area contributed by atoms with Gasteiger partial charge < -0.3 is 10.2 Å². The second-order valence-electron chi connectivity index (χ2n) is 5.32. The molecule has 1 amide bonds. The van der Waals surface area contributed by atoms with E-state index in [-0.39, 0.29) is 23.5 Å². The van der Waals surface area contributed by atoms with Gasteiger partial charge in [-0.3, -0.25) is 4.79 Å². The Kier molecular flexibility index (Phi) is 5.40. The van der Waals surface area contributed by atoms with Gasteiger partial charge in [0.25, 0.3) is 0 Å². The van der Waals surface area contributed by atoms with E-state index in [0.717, 1.165) is 10.2 Å². The summed E-state index contributed by atoms with van der Waals surface area (Å²) in [6.07, 6.45) is 0.999. The van der Waals surface area contributed by atoms with Gasteiger partial charge >= 0.3 is 0 Å². The van der Waals surface area contributed by atoms with Gasteiger partial charge in [-0.15, -0.1) is 0 Å². The Morgan fingerprint density at radius 3 is 2.76 bits per heavy atom. The maximum atomic E-state index is 11.9. The summed E-state index contributed by atoms with van der Waals surface area (Å²) in [5.41, 5.74) is 0.744. The van der Waals surface area contributed by atoms with Crippen LogP contribution in [0.4, 0.5) is 5.69 Å². The third kappa shape index (κ3) is 4.79. The van der Waals surface area contributed by atoms with Gasteiger partial charge in [-0.2, -0.15) is 0 Å². The number of halogens is 1. The lowest BCUT2D eigenvalue weighted by Gasteiger charge is -2.22. The maximum absolute atomic E-state index is 11.9. The maximum Gasteiger partial charge on any atom is 0.225 e. The molecule has 21 heavy (non-hydrogen) atoms.